The second-order valence-corrected chi connectivity index (χ2v) is 7.24. The number of hydrogen-bond donors (Lipinski definition) is 2. The van der Waals surface area contributed by atoms with Gasteiger partial charge in [0.15, 0.2) is 0 Å². The second-order valence-electron chi connectivity index (χ2n) is 5.04. The molecule has 8 heteroatoms. The minimum Gasteiger partial charge on any atom is -0.493 e. The van der Waals surface area contributed by atoms with Gasteiger partial charge in [0.05, 0.1) is 17.1 Å². The van der Waals surface area contributed by atoms with Crippen LogP contribution in [-0.2, 0) is 10.0 Å². The number of nitrogens with one attached hydrogen (secondary N) is 2. The number of hydrogen-bond acceptors (Lipinski definition) is 4. The van der Waals surface area contributed by atoms with Gasteiger partial charge in [0.2, 0.25) is 10.0 Å². The fourth-order valence-corrected chi connectivity index (χ4v) is 3.44. The van der Waals surface area contributed by atoms with Gasteiger partial charge in [-0.25, -0.2) is 13.1 Å². The lowest BCUT2D eigenvalue weighted by Gasteiger charge is -2.11. The summed E-state index contributed by atoms with van der Waals surface area (Å²) in [5.74, 6) is 0.160. The van der Waals surface area contributed by atoms with E-state index in [-0.39, 0.29) is 23.9 Å². The molecule has 0 aliphatic heterocycles. The highest BCUT2D eigenvalue weighted by Gasteiger charge is 2.15. The molecule has 0 fully saturated rings. The summed E-state index contributed by atoms with van der Waals surface area (Å²) < 4.78 is 32.1. The summed E-state index contributed by atoms with van der Waals surface area (Å²) >= 11 is 5.80. The average Bonchev–Trinajstić information content (AvgIpc) is 2.59. The van der Waals surface area contributed by atoms with Crippen LogP contribution in [0.3, 0.4) is 0 Å². The molecule has 1 amide bonds. The first kappa shape index (κ1) is 19.2. The Morgan fingerprint density at radius 3 is 2.60 bits per heavy atom. The summed E-state index contributed by atoms with van der Waals surface area (Å²) in [6, 6.07) is 12.8. The Morgan fingerprint density at radius 1 is 1.12 bits per heavy atom. The van der Waals surface area contributed by atoms with Crippen molar-refractivity contribution in [1.29, 1.82) is 0 Å². The molecule has 0 spiro atoms. The van der Waals surface area contributed by atoms with Crippen LogP contribution in [0.1, 0.15) is 17.3 Å². The predicted molar refractivity (Wildman–Crippen MR) is 96.6 cm³/mol. The number of carbonyl (C=O) groups is 1. The molecule has 0 atom stereocenters. The fraction of sp³-hybridized carbons (Fsp3) is 0.235. The highest BCUT2D eigenvalue weighted by Crippen LogP contribution is 2.17. The van der Waals surface area contributed by atoms with Crippen LogP contribution in [0.15, 0.2) is 53.4 Å². The maximum Gasteiger partial charge on any atom is 0.255 e. The molecule has 2 N–H and O–H groups in total. The molecule has 0 unspecified atom stereocenters. The Morgan fingerprint density at radius 2 is 1.88 bits per heavy atom. The van der Waals surface area contributed by atoms with Gasteiger partial charge in [0.25, 0.3) is 5.91 Å². The highest BCUT2D eigenvalue weighted by atomic mass is 35.5. The molecule has 2 rings (SSSR count). The first-order valence-corrected chi connectivity index (χ1v) is 9.55. The molecule has 134 valence electrons. The zero-order chi connectivity index (χ0) is 18.3. The molecule has 2 aromatic rings. The molecule has 0 aliphatic rings. The summed E-state index contributed by atoms with van der Waals surface area (Å²) in [4.78, 5) is 12.3. The topological polar surface area (TPSA) is 84.5 Å². The second kappa shape index (κ2) is 8.84. The van der Waals surface area contributed by atoms with Gasteiger partial charge < -0.3 is 10.1 Å². The third-order valence-electron chi connectivity index (χ3n) is 3.24. The van der Waals surface area contributed by atoms with Gasteiger partial charge in [-0.15, -0.1) is 0 Å². The first-order valence-electron chi connectivity index (χ1n) is 7.69. The van der Waals surface area contributed by atoms with Gasteiger partial charge in [-0.2, -0.15) is 0 Å². The molecule has 0 bridgehead atoms. The third kappa shape index (κ3) is 5.45. The number of benzene rings is 2. The number of amides is 1. The lowest BCUT2D eigenvalue weighted by atomic mass is 10.2. The van der Waals surface area contributed by atoms with Crippen molar-refractivity contribution in [3.05, 3.63) is 59.1 Å². The standard InChI is InChI=1S/C17H19ClN2O4S/c1-2-24-16-9-4-3-8-15(16)17(21)19-10-11-20-25(22,23)14-7-5-6-13(18)12-14/h3-9,12,20H,2,10-11H2,1H3,(H,19,21). The van der Waals surface area contributed by atoms with Crippen molar-refractivity contribution in [2.24, 2.45) is 0 Å². The van der Waals surface area contributed by atoms with Crippen LogP contribution in [0.2, 0.25) is 5.02 Å². The number of sulfonamides is 1. The van der Waals surface area contributed by atoms with Crippen molar-refractivity contribution in [3.63, 3.8) is 0 Å². The van der Waals surface area contributed by atoms with E-state index in [0.29, 0.717) is 22.9 Å². The Labute approximate surface area is 152 Å². The van der Waals surface area contributed by atoms with E-state index in [1.807, 2.05) is 6.92 Å². The van der Waals surface area contributed by atoms with Crippen molar-refractivity contribution < 1.29 is 17.9 Å². The molecule has 0 heterocycles. The highest BCUT2D eigenvalue weighted by molar-refractivity contribution is 7.89. The van der Waals surface area contributed by atoms with Crippen molar-refractivity contribution in [2.45, 2.75) is 11.8 Å². The molecule has 0 saturated carbocycles. The number of para-hydroxylation sites is 1. The molecule has 0 saturated heterocycles. The maximum atomic E-state index is 12.2. The average molecular weight is 383 g/mol. The van der Waals surface area contributed by atoms with Gasteiger partial charge in [-0.05, 0) is 37.3 Å². The fourth-order valence-electron chi connectivity index (χ4n) is 2.11. The van der Waals surface area contributed by atoms with Crippen molar-refractivity contribution in [2.75, 3.05) is 19.7 Å². The van der Waals surface area contributed by atoms with E-state index in [1.54, 1.807) is 36.4 Å². The Kier molecular flexibility index (Phi) is 6.81. The van der Waals surface area contributed by atoms with Crippen LogP contribution < -0.4 is 14.8 Å². The van der Waals surface area contributed by atoms with E-state index >= 15 is 0 Å². The largest absolute Gasteiger partial charge is 0.493 e. The zero-order valence-electron chi connectivity index (χ0n) is 13.7. The molecule has 25 heavy (non-hydrogen) atoms. The van der Waals surface area contributed by atoms with Crippen LogP contribution in [-0.4, -0.2) is 34.0 Å². The summed E-state index contributed by atoms with van der Waals surface area (Å²) in [5, 5.41) is 3.00. The quantitative estimate of drug-likeness (QED) is 0.687. The molecule has 2 aromatic carbocycles. The number of carbonyl (C=O) groups excluding carboxylic acids is 1. The van der Waals surface area contributed by atoms with Crippen molar-refractivity contribution in [1.82, 2.24) is 10.0 Å². The van der Waals surface area contributed by atoms with Crippen LogP contribution in [0.5, 0.6) is 5.75 Å². The van der Waals surface area contributed by atoms with Gasteiger partial charge in [-0.1, -0.05) is 29.8 Å². The van der Waals surface area contributed by atoms with Crippen molar-refractivity contribution >= 4 is 27.5 Å². The molecular weight excluding hydrogens is 364 g/mol. The van der Waals surface area contributed by atoms with Gasteiger partial charge in [0, 0.05) is 18.1 Å². The predicted octanol–water partition coefficient (Wildman–Crippen LogP) is 2.45. The summed E-state index contributed by atoms with van der Waals surface area (Å²) in [6.07, 6.45) is 0. The van der Waals surface area contributed by atoms with Crippen LogP contribution in [0.25, 0.3) is 0 Å². The van der Waals surface area contributed by atoms with Crippen LogP contribution >= 0.6 is 11.6 Å². The van der Waals surface area contributed by atoms with Crippen LogP contribution in [0.4, 0.5) is 0 Å². The molecule has 0 aliphatic carbocycles. The van der Waals surface area contributed by atoms with E-state index in [4.69, 9.17) is 16.3 Å². The van der Waals surface area contributed by atoms with Gasteiger partial charge in [-0.3, -0.25) is 4.79 Å². The van der Waals surface area contributed by atoms with E-state index in [0.717, 1.165) is 0 Å². The van der Waals surface area contributed by atoms with Crippen LogP contribution in [0, 0.1) is 0 Å². The summed E-state index contributed by atoms with van der Waals surface area (Å²) in [7, 11) is -3.67. The Bertz CT molecular complexity index is 840. The minimum atomic E-state index is -3.67. The Hall–Kier alpha value is -2.09. The summed E-state index contributed by atoms with van der Waals surface area (Å²) in [5.41, 5.74) is 0.405. The lowest BCUT2D eigenvalue weighted by molar-refractivity contribution is 0.0950. The SMILES string of the molecule is CCOc1ccccc1C(=O)NCCNS(=O)(=O)c1cccc(Cl)c1. The van der Waals surface area contributed by atoms with Gasteiger partial charge >= 0.3 is 0 Å². The molecule has 0 radical (unpaired) electrons. The minimum absolute atomic E-state index is 0.0530. The normalized spacial score (nSPS) is 11.1. The third-order valence-corrected chi connectivity index (χ3v) is 4.93. The van der Waals surface area contributed by atoms with E-state index in [2.05, 4.69) is 10.0 Å². The Balaban J connectivity index is 1.90. The lowest BCUT2D eigenvalue weighted by Crippen LogP contribution is -2.34. The maximum absolute atomic E-state index is 12.2. The summed E-state index contributed by atoms with van der Waals surface area (Å²) in [6.45, 7) is 2.47. The monoisotopic (exact) mass is 382 g/mol. The number of ether oxygens (including phenoxy) is 1. The number of halogens is 1. The molecule has 6 nitrogen and oxygen atoms in total. The van der Waals surface area contributed by atoms with E-state index in [9.17, 15) is 13.2 Å². The first-order chi connectivity index (χ1) is 11.9. The zero-order valence-corrected chi connectivity index (χ0v) is 15.2. The smallest absolute Gasteiger partial charge is 0.255 e. The van der Waals surface area contributed by atoms with E-state index in [1.165, 1.54) is 12.1 Å². The van der Waals surface area contributed by atoms with E-state index < -0.39 is 10.0 Å². The van der Waals surface area contributed by atoms with Crippen molar-refractivity contribution in [3.8, 4) is 5.75 Å². The molecular formula is C17H19ClN2O4S. The van der Waals surface area contributed by atoms with Gasteiger partial charge in [0.1, 0.15) is 5.75 Å². The molecule has 0 aromatic heterocycles. The number of rotatable bonds is 8.